The van der Waals surface area contributed by atoms with Crippen LogP contribution in [0, 0.1) is 6.54 Å². The molecule has 0 fully saturated rings. The van der Waals surface area contributed by atoms with Gasteiger partial charge in [-0.1, -0.05) is 18.2 Å². The van der Waals surface area contributed by atoms with E-state index in [-0.39, 0.29) is 22.3 Å². The predicted octanol–water partition coefficient (Wildman–Crippen LogP) is 7.09. The van der Waals surface area contributed by atoms with Gasteiger partial charge in [0.1, 0.15) is 57.4 Å². The highest BCUT2D eigenvalue weighted by atomic mass is 16.4. The number of benzene rings is 6. The summed E-state index contributed by atoms with van der Waals surface area (Å²) in [6.07, 6.45) is 0. The van der Waals surface area contributed by atoms with Gasteiger partial charge >= 0.3 is 11.9 Å². The normalized spacial score (nSPS) is 11.2. The van der Waals surface area contributed by atoms with E-state index >= 15 is 0 Å². The van der Waals surface area contributed by atoms with Gasteiger partial charge in [-0.05, 0) is 65.7 Å². The fourth-order valence-corrected chi connectivity index (χ4v) is 7.90. The molecule has 4 aromatic carbocycles. The molecule has 1 radical (unpaired) electrons. The Morgan fingerprint density at radius 2 is 0.953 bits per heavy atom. The smallest absolute Gasteiger partial charge is 0.336 e. The second-order valence-electron chi connectivity index (χ2n) is 16.4. The molecule has 13 nitrogen and oxygen atoms in total. The summed E-state index contributed by atoms with van der Waals surface area (Å²) in [7, 11) is 15.3. The van der Waals surface area contributed by atoms with E-state index in [1.807, 2.05) is 148 Å². The first-order valence-electron chi connectivity index (χ1n) is 20.3. The number of carboxylic acid groups (broad SMARTS) is 2. The monoisotopic (exact) mass is 856 g/mol. The number of nitrogens with one attached hydrogen (secondary N) is 1. The zero-order valence-electron chi connectivity index (χ0n) is 36.6. The minimum atomic E-state index is -1.26. The van der Waals surface area contributed by atoms with Gasteiger partial charge < -0.3 is 34.2 Å². The van der Waals surface area contributed by atoms with Gasteiger partial charge in [0.05, 0.1) is 23.3 Å². The van der Waals surface area contributed by atoms with Crippen LogP contribution in [0.5, 0.6) is 0 Å². The number of Topliss-reactive ketones (excluding diaryl/α,β-unsaturated/α-hetero) is 1. The number of carboxylic acids is 2. The van der Waals surface area contributed by atoms with Crippen molar-refractivity contribution >= 4 is 56.9 Å². The minimum absolute atomic E-state index is 0.00566. The van der Waals surface area contributed by atoms with Gasteiger partial charge in [-0.3, -0.25) is 9.59 Å². The molecule has 0 bridgehead atoms. The number of nitrogens with zero attached hydrogens (tertiary/aromatic N) is 4. The molecule has 0 aromatic heterocycles. The number of fused-ring (bicyclic) bond motifs is 4. The third kappa shape index (κ3) is 7.83. The average Bonchev–Trinajstić information content (AvgIpc) is 3.27. The predicted molar refractivity (Wildman–Crippen MR) is 249 cm³/mol. The van der Waals surface area contributed by atoms with Crippen molar-refractivity contribution in [3.63, 3.8) is 0 Å². The summed E-state index contributed by atoms with van der Waals surface area (Å²) in [5, 5.41) is 26.7. The van der Waals surface area contributed by atoms with Crippen LogP contribution in [-0.4, -0.2) is 90.2 Å². The molecule has 0 atom stereocenters. The van der Waals surface area contributed by atoms with Crippen molar-refractivity contribution in [1.82, 2.24) is 14.5 Å². The molecule has 4 aliphatic rings. The van der Waals surface area contributed by atoms with Crippen LogP contribution in [0.2, 0.25) is 0 Å². The van der Waals surface area contributed by atoms with E-state index in [9.17, 15) is 29.4 Å². The van der Waals surface area contributed by atoms with Crippen LogP contribution in [0.15, 0.2) is 118 Å². The van der Waals surface area contributed by atoms with Crippen molar-refractivity contribution < 1.29 is 38.2 Å². The molecule has 2 aliphatic carbocycles. The highest BCUT2D eigenvalue weighted by Gasteiger charge is 2.26. The molecule has 0 spiro atoms. The van der Waals surface area contributed by atoms with Crippen LogP contribution in [0.3, 0.4) is 0 Å². The topological polar surface area (TPSA) is 160 Å². The van der Waals surface area contributed by atoms with Gasteiger partial charge in [-0.2, -0.15) is 0 Å². The minimum Gasteiger partial charge on any atom is -0.478 e. The molecule has 0 saturated heterocycles. The van der Waals surface area contributed by atoms with Crippen molar-refractivity contribution in [2.24, 2.45) is 0 Å². The van der Waals surface area contributed by atoms with Gasteiger partial charge in [0.15, 0.2) is 5.78 Å². The lowest BCUT2D eigenvalue weighted by Gasteiger charge is -2.19. The maximum atomic E-state index is 13.6. The zero-order valence-corrected chi connectivity index (χ0v) is 36.6. The molecular formula is C51H46N5O8+2. The van der Waals surface area contributed by atoms with E-state index in [0.717, 1.165) is 28.6 Å². The first-order chi connectivity index (χ1) is 30.5. The summed E-state index contributed by atoms with van der Waals surface area (Å²) in [6, 6.07) is 31.6. The third-order valence-electron chi connectivity index (χ3n) is 11.4. The van der Waals surface area contributed by atoms with Crippen molar-refractivity contribution in [2.75, 3.05) is 66.2 Å². The van der Waals surface area contributed by atoms with Crippen LogP contribution in [0.1, 0.15) is 41.4 Å². The largest absolute Gasteiger partial charge is 0.478 e. The van der Waals surface area contributed by atoms with Gasteiger partial charge in [-0.15, -0.1) is 0 Å². The van der Waals surface area contributed by atoms with Crippen LogP contribution in [0.25, 0.3) is 66.8 Å². The molecule has 64 heavy (non-hydrogen) atoms. The Kier molecular flexibility index (Phi) is 11.1. The lowest BCUT2D eigenvalue weighted by Crippen LogP contribution is -2.25. The Balaban J connectivity index is 1.13. The number of carbonyl (C=O) groups excluding carboxylic acids is 2. The van der Waals surface area contributed by atoms with E-state index in [4.69, 9.17) is 8.83 Å². The molecule has 3 N–H and O–H groups in total. The Morgan fingerprint density at radius 3 is 1.38 bits per heavy atom. The first-order valence-corrected chi connectivity index (χ1v) is 20.3. The summed E-state index contributed by atoms with van der Waals surface area (Å²) in [4.78, 5) is 57.0. The van der Waals surface area contributed by atoms with Gasteiger partial charge in [0.2, 0.25) is 10.7 Å². The quantitative estimate of drug-likeness (QED) is 0.0737. The summed E-state index contributed by atoms with van der Waals surface area (Å²) < 4.78 is 16.7. The number of amides is 1. The second kappa shape index (κ2) is 16.7. The molecule has 13 heteroatoms. The van der Waals surface area contributed by atoms with E-state index in [1.165, 1.54) is 24.3 Å². The fourth-order valence-electron chi connectivity index (χ4n) is 7.90. The lowest BCUT2D eigenvalue weighted by molar-refractivity contribution is 0.0686. The van der Waals surface area contributed by atoms with Gasteiger partial charge in [0.25, 0.3) is 5.91 Å². The summed E-state index contributed by atoms with van der Waals surface area (Å²) >= 11 is 0. The Morgan fingerprint density at radius 1 is 0.531 bits per heavy atom. The second-order valence-corrected chi connectivity index (χ2v) is 16.4. The van der Waals surface area contributed by atoms with E-state index in [1.54, 1.807) is 12.1 Å². The summed E-state index contributed by atoms with van der Waals surface area (Å²) in [6.45, 7) is 0.944. The molecule has 0 saturated carbocycles. The zero-order chi connectivity index (χ0) is 45.7. The summed E-state index contributed by atoms with van der Waals surface area (Å²) in [5.41, 5.74) is 6.00. The van der Waals surface area contributed by atoms with Crippen LogP contribution < -0.4 is 35.0 Å². The summed E-state index contributed by atoms with van der Waals surface area (Å²) in [5.74, 6) is -2.81. The van der Waals surface area contributed by atoms with Crippen molar-refractivity contribution in [2.45, 2.75) is 0 Å². The van der Waals surface area contributed by atoms with Crippen LogP contribution in [-0.2, 0) is 0 Å². The maximum Gasteiger partial charge on any atom is 0.336 e. The number of aromatic carboxylic acids is 2. The SMILES string of the molecule is CN(C)c1ccc2c(-c3ccc(C(=O)[CH]NC(=O)c4ccc(-c5c6ccc(=[N+](C)C)cc-6oc6cc(N(C)C)ccc56)c(C(=O)O)c4)cc3C(=O)O)c3ccc(=[N+](C)C)cc-3oc2c1. The van der Waals surface area contributed by atoms with E-state index in [0.29, 0.717) is 66.8 Å². The molecule has 321 valence electrons. The molecule has 2 aliphatic heterocycles. The molecular weight excluding hydrogens is 811 g/mol. The van der Waals surface area contributed by atoms with E-state index in [2.05, 4.69) is 5.32 Å². The number of hydrogen-bond donors (Lipinski definition) is 3. The maximum absolute atomic E-state index is 13.6. The number of anilines is 2. The Bertz CT molecular complexity index is 3110. The molecule has 4 aromatic rings. The average molecular weight is 857 g/mol. The fraction of sp³-hybridized carbons (Fsp3) is 0.157. The first kappa shape index (κ1) is 42.6. The number of rotatable bonds is 10. The highest BCUT2D eigenvalue weighted by Crippen LogP contribution is 2.44. The molecule has 0 unspecified atom stereocenters. The number of carbonyl (C=O) groups is 4. The van der Waals surface area contributed by atoms with Crippen LogP contribution in [0.4, 0.5) is 11.4 Å². The molecule has 2 heterocycles. The van der Waals surface area contributed by atoms with Gasteiger partial charge in [0, 0.05) is 108 Å². The van der Waals surface area contributed by atoms with E-state index < -0.39 is 23.6 Å². The third-order valence-corrected chi connectivity index (χ3v) is 11.4. The van der Waals surface area contributed by atoms with Crippen LogP contribution >= 0.6 is 0 Å². The van der Waals surface area contributed by atoms with Crippen molar-refractivity contribution in [1.29, 1.82) is 0 Å². The van der Waals surface area contributed by atoms with Crippen molar-refractivity contribution in [3.8, 4) is 44.9 Å². The number of hydrogen-bond acceptors (Lipinski definition) is 8. The standard InChI is InChI=1S/C51H44N5O8/c1-53(2)30-11-17-36-43(23-30)63-44-24-31(54(3)4)12-18-37(44)47(36)34-15-9-28(21-40(34)50(59)60)42(57)27-52-49(58)29-10-16-35(41(22-29)51(61)62)48-38-19-13-32(55(5)6)25-45(38)64-46-26-33(56(7)8)14-20-39(46)48/h9-27H,1-8H3,(H-2,52,58,59,60,61,62)/p+2. The highest BCUT2D eigenvalue weighted by molar-refractivity contribution is 6.13. The number of ketones is 1. The molecule has 8 rings (SSSR count). The van der Waals surface area contributed by atoms with Gasteiger partial charge in [-0.25, -0.2) is 18.7 Å². The Hall–Kier alpha value is -8.06. The molecule has 1 amide bonds. The lowest BCUT2D eigenvalue weighted by atomic mass is 9.89. The van der Waals surface area contributed by atoms with Crippen molar-refractivity contribution in [3.05, 3.63) is 149 Å². The Labute approximate surface area is 368 Å².